The first-order valence-electron chi connectivity index (χ1n) is 9.06. The minimum atomic E-state index is -6.82. The molecule has 0 aliphatic heterocycles. The van der Waals surface area contributed by atoms with Gasteiger partial charge in [-0.15, -0.1) is 0 Å². The van der Waals surface area contributed by atoms with Gasteiger partial charge < -0.3 is 14.2 Å². The molecular formula is C17H14F14O6. The lowest BCUT2D eigenvalue weighted by molar-refractivity contribution is -0.344. The van der Waals surface area contributed by atoms with E-state index < -0.39 is 98.6 Å². The summed E-state index contributed by atoms with van der Waals surface area (Å²) in [6.07, 6.45) is -18.5. The van der Waals surface area contributed by atoms with E-state index in [4.69, 9.17) is 0 Å². The molecule has 0 aliphatic rings. The summed E-state index contributed by atoms with van der Waals surface area (Å²) in [5.41, 5.74) is -1.14. The van der Waals surface area contributed by atoms with Gasteiger partial charge in [-0.05, 0) is 6.42 Å². The van der Waals surface area contributed by atoms with Gasteiger partial charge in [-0.25, -0.2) is 13.6 Å². The van der Waals surface area contributed by atoms with Crippen molar-refractivity contribution in [3.05, 3.63) is 12.2 Å². The zero-order valence-electron chi connectivity index (χ0n) is 17.6. The van der Waals surface area contributed by atoms with E-state index in [1.165, 1.54) is 0 Å². The average molecular weight is 580 g/mol. The Hall–Kier alpha value is -2.83. The normalized spacial score (nSPS) is 14.2. The Morgan fingerprint density at radius 3 is 1.57 bits per heavy atom. The van der Waals surface area contributed by atoms with Crippen molar-refractivity contribution in [1.82, 2.24) is 0 Å². The van der Waals surface area contributed by atoms with Gasteiger partial charge in [0.25, 0.3) is 0 Å². The van der Waals surface area contributed by atoms with Crippen molar-refractivity contribution in [1.29, 1.82) is 0 Å². The SMILES string of the molecule is C=C(CC(CC(=O)OCC(F)(F)F)C(=O)OCC(F)(F)C(F)(F)C(F)(F)C(F)F)C(=O)OCC(F)(F)F. The number of carbonyl (C=O) groups is 3. The highest BCUT2D eigenvalue weighted by Gasteiger charge is 2.75. The number of alkyl halides is 14. The number of hydrogen-bond donors (Lipinski definition) is 0. The summed E-state index contributed by atoms with van der Waals surface area (Å²) in [5.74, 6) is -28.3. The van der Waals surface area contributed by atoms with Gasteiger partial charge in [-0.1, -0.05) is 6.58 Å². The zero-order chi connectivity index (χ0) is 29.6. The summed E-state index contributed by atoms with van der Waals surface area (Å²) in [4.78, 5) is 35.0. The van der Waals surface area contributed by atoms with Crippen molar-refractivity contribution in [2.24, 2.45) is 5.92 Å². The molecule has 37 heavy (non-hydrogen) atoms. The van der Waals surface area contributed by atoms with E-state index in [0.29, 0.717) is 0 Å². The summed E-state index contributed by atoms with van der Waals surface area (Å²) in [7, 11) is 0. The molecule has 0 aromatic rings. The van der Waals surface area contributed by atoms with Crippen LogP contribution in [0.25, 0.3) is 0 Å². The molecular weight excluding hydrogens is 566 g/mol. The summed E-state index contributed by atoms with van der Waals surface area (Å²) < 4.78 is 187. The Kier molecular flexibility index (Phi) is 11.2. The highest BCUT2D eigenvalue weighted by atomic mass is 19.4. The van der Waals surface area contributed by atoms with Gasteiger partial charge >= 0.3 is 54.5 Å². The van der Waals surface area contributed by atoms with Crippen molar-refractivity contribution in [2.45, 2.75) is 49.4 Å². The van der Waals surface area contributed by atoms with Crippen molar-refractivity contribution in [3.8, 4) is 0 Å². The number of esters is 3. The molecule has 0 saturated carbocycles. The molecule has 0 aromatic heterocycles. The van der Waals surface area contributed by atoms with Crippen molar-refractivity contribution in [3.63, 3.8) is 0 Å². The quantitative estimate of drug-likeness (QED) is 0.134. The van der Waals surface area contributed by atoms with Gasteiger partial charge in [-0.2, -0.15) is 52.7 Å². The molecule has 1 unspecified atom stereocenters. The summed E-state index contributed by atoms with van der Waals surface area (Å²) in [6, 6.07) is 0. The first kappa shape index (κ1) is 34.2. The Balaban J connectivity index is 5.64. The fourth-order valence-electron chi connectivity index (χ4n) is 2.04. The van der Waals surface area contributed by atoms with E-state index in [2.05, 4.69) is 20.8 Å². The van der Waals surface area contributed by atoms with Gasteiger partial charge in [0.2, 0.25) is 0 Å². The molecule has 0 radical (unpaired) electrons. The number of halogens is 14. The average Bonchev–Trinajstić information content (AvgIpc) is 2.72. The molecule has 0 spiro atoms. The molecule has 0 saturated heterocycles. The third-order valence-electron chi connectivity index (χ3n) is 3.84. The van der Waals surface area contributed by atoms with Crippen LogP contribution in [-0.2, 0) is 28.6 Å². The van der Waals surface area contributed by atoms with E-state index in [-0.39, 0.29) is 0 Å². The molecule has 0 heterocycles. The lowest BCUT2D eigenvalue weighted by Crippen LogP contribution is -2.59. The van der Waals surface area contributed by atoms with Gasteiger partial charge in [-0.3, -0.25) is 9.59 Å². The maximum absolute atomic E-state index is 13.5. The monoisotopic (exact) mass is 580 g/mol. The topological polar surface area (TPSA) is 78.9 Å². The van der Waals surface area contributed by atoms with Crippen molar-refractivity contribution in [2.75, 3.05) is 19.8 Å². The minimum absolute atomic E-state index is 1.14. The fourth-order valence-corrected chi connectivity index (χ4v) is 2.04. The number of carbonyl (C=O) groups excluding carboxylic acids is 3. The molecule has 0 amide bonds. The third-order valence-corrected chi connectivity index (χ3v) is 3.84. The van der Waals surface area contributed by atoms with Crippen LogP contribution in [0.1, 0.15) is 12.8 Å². The molecule has 0 N–H and O–H groups in total. The molecule has 20 heteroatoms. The van der Waals surface area contributed by atoms with Gasteiger partial charge in [0.05, 0.1) is 12.3 Å². The Bertz CT molecular complexity index is 833. The lowest BCUT2D eigenvalue weighted by Gasteiger charge is -2.32. The van der Waals surface area contributed by atoms with Crippen molar-refractivity contribution >= 4 is 17.9 Å². The fraction of sp³-hybridized carbons (Fsp3) is 0.706. The lowest BCUT2D eigenvalue weighted by atomic mass is 9.96. The van der Waals surface area contributed by atoms with E-state index >= 15 is 0 Å². The van der Waals surface area contributed by atoms with E-state index in [0.717, 1.165) is 0 Å². The molecule has 6 nitrogen and oxygen atoms in total. The standard InChI is InChI=1S/C17H14F14O6/c1-7(10(33)37-6-15(25,26)27)2-8(3-9(32)35-5-14(22,23)24)11(34)36-4-13(20,21)17(30,31)16(28,29)12(18)19/h8,12H,1-6H2. The third kappa shape index (κ3) is 10.6. The highest BCUT2D eigenvalue weighted by Crippen LogP contribution is 2.48. The molecule has 0 bridgehead atoms. The predicted octanol–water partition coefficient (Wildman–Crippen LogP) is 4.86. The Morgan fingerprint density at radius 1 is 0.676 bits per heavy atom. The number of rotatable bonds is 13. The number of ether oxygens (including phenoxy) is 3. The molecule has 1 atom stereocenters. The second kappa shape index (κ2) is 12.1. The Labute approximate surface area is 196 Å². The first-order chi connectivity index (χ1) is 16.3. The van der Waals surface area contributed by atoms with E-state index in [1.54, 1.807) is 0 Å². The molecule has 0 aromatic carbocycles. The summed E-state index contributed by atoms with van der Waals surface area (Å²) in [5, 5.41) is 0. The van der Waals surface area contributed by atoms with Crippen LogP contribution in [0.4, 0.5) is 61.5 Å². The van der Waals surface area contributed by atoms with Crippen LogP contribution >= 0.6 is 0 Å². The van der Waals surface area contributed by atoms with Crippen LogP contribution in [0.2, 0.25) is 0 Å². The van der Waals surface area contributed by atoms with Crippen LogP contribution in [0.15, 0.2) is 12.2 Å². The highest BCUT2D eigenvalue weighted by molar-refractivity contribution is 5.89. The van der Waals surface area contributed by atoms with Crippen LogP contribution in [0.5, 0.6) is 0 Å². The van der Waals surface area contributed by atoms with Crippen LogP contribution in [-0.4, -0.2) is 74.3 Å². The second-order valence-corrected chi connectivity index (χ2v) is 6.99. The van der Waals surface area contributed by atoms with Crippen LogP contribution in [0.3, 0.4) is 0 Å². The largest absolute Gasteiger partial charge is 0.459 e. The molecule has 0 fully saturated rings. The minimum Gasteiger partial charge on any atom is -0.459 e. The predicted molar refractivity (Wildman–Crippen MR) is 87.7 cm³/mol. The molecule has 0 rings (SSSR count). The summed E-state index contributed by atoms with van der Waals surface area (Å²) >= 11 is 0. The zero-order valence-corrected chi connectivity index (χ0v) is 17.6. The summed E-state index contributed by atoms with van der Waals surface area (Å²) in [6.45, 7) is -4.69. The van der Waals surface area contributed by atoms with Crippen molar-refractivity contribution < 1.29 is 90.1 Å². The van der Waals surface area contributed by atoms with Gasteiger partial charge in [0.1, 0.15) is 0 Å². The molecule has 0 aliphatic carbocycles. The first-order valence-corrected chi connectivity index (χ1v) is 9.06. The van der Waals surface area contributed by atoms with Gasteiger partial charge in [0.15, 0.2) is 19.8 Å². The molecule has 216 valence electrons. The van der Waals surface area contributed by atoms with Gasteiger partial charge in [0, 0.05) is 5.57 Å². The maximum Gasteiger partial charge on any atom is 0.422 e. The van der Waals surface area contributed by atoms with Crippen LogP contribution < -0.4 is 0 Å². The number of hydrogen-bond acceptors (Lipinski definition) is 6. The van der Waals surface area contributed by atoms with Crippen LogP contribution in [0, 0.1) is 5.92 Å². The Morgan fingerprint density at radius 2 is 1.14 bits per heavy atom. The van der Waals surface area contributed by atoms with E-state index in [9.17, 15) is 75.8 Å². The second-order valence-electron chi connectivity index (χ2n) is 6.99. The maximum atomic E-state index is 13.5. The smallest absolute Gasteiger partial charge is 0.422 e. The van der Waals surface area contributed by atoms with E-state index in [1.807, 2.05) is 0 Å².